The molecule has 0 saturated heterocycles. The van der Waals surface area contributed by atoms with Crippen molar-refractivity contribution in [3.63, 3.8) is 0 Å². The molecule has 9 unspecified atom stereocenters. The van der Waals surface area contributed by atoms with E-state index >= 15 is 0 Å². The molecule has 0 aromatic heterocycles. The first-order valence-corrected chi connectivity index (χ1v) is 21.3. The van der Waals surface area contributed by atoms with Crippen molar-refractivity contribution in [2.24, 2.45) is 56.2 Å². The molecule has 0 spiro atoms. The van der Waals surface area contributed by atoms with E-state index in [9.17, 15) is 24.6 Å². The Labute approximate surface area is 330 Å². The van der Waals surface area contributed by atoms with Crippen molar-refractivity contribution in [1.82, 2.24) is 4.90 Å². The summed E-state index contributed by atoms with van der Waals surface area (Å²) < 4.78 is 6.18. The Bertz CT molecular complexity index is 1680. The minimum atomic E-state index is -1.17. The Morgan fingerprint density at radius 3 is 2.28 bits per heavy atom. The number of benzene rings is 1. The Morgan fingerprint density at radius 2 is 1.65 bits per heavy atom. The average molecular weight is 767 g/mol. The Morgan fingerprint density at radius 1 is 0.963 bits per heavy atom. The van der Waals surface area contributed by atoms with Crippen LogP contribution in [0.1, 0.15) is 139 Å². The molecular weight excluding hydrogens is 698 g/mol. The second kappa shape index (κ2) is 14.3. The summed E-state index contributed by atoms with van der Waals surface area (Å²) in [5.74, 6) is 0.0214. The number of rotatable bonds is 11. The largest absolute Gasteiger partial charge is 0.481 e. The van der Waals surface area contributed by atoms with E-state index in [0.29, 0.717) is 31.3 Å². The molecule has 5 aliphatic rings. The summed E-state index contributed by atoms with van der Waals surface area (Å²) in [6, 6.07) is 7.93. The first kappa shape index (κ1) is 41.4. The van der Waals surface area contributed by atoms with E-state index in [1.165, 1.54) is 5.57 Å². The highest BCUT2D eigenvalue weighted by Gasteiger charge is 2.70. The Hall–Kier alpha value is -2.22. The number of aliphatic hydroxyl groups excluding tert-OH is 1. The molecule has 5 aliphatic carbocycles. The highest BCUT2D eigenvalue weighted by molar-refractivity contribution is 6.31. The van der Waals surface area contributed by atoms with Crippen molar-refractivity contribution in [3.05, 3.63) is 46.0 Å². The predicted molar refractivity (Wildman–Crippen MR) is 214 cm³/mol. The molecule has 0 heterocycles. The molecule has 0 amide bonds. The quantitative estimate of drug-likeness (QED) is 0.216. The molecular formula is C46H68ClNO6. The number of aliphatic carboxylic acids is 1. The fourth-order valence-electron chi connectivity index (χ4n) is 13.5. The minimum absolute atomic E-state index is 0.0227. The number of carboxylic acid groups (broad SMARTS) is 1. The van der Waals surface area contributed by atoms with Crippen LogP contribution in [-0.2, 0) is 25.7 Å². The fraction of sp³-hybridized carbons (Fsp3) is 0.761. The van der Waals surface area contributed by atoms with E-state index in [4.69, 9.17) is 16.3 Å². The maximum Gasteiger partial charge on any atom is 0.309 e. The number of Topliss-reactive ketones (excluding diaryl/α,β-unsaturated/α-hetero) is 1. The summed E-state index contributed by atoms with van der Waals surface area (Å²) in [5, 5.41) is 22.8. The highest BCUT2D eigenvalue weighted by atomic mass is 35.5. The van der Waals surface area contributed by atoms with Gasteiger partial charge in [-0.2, -0.15) is 0 Å². The standard InChI is InChI=1S/C46H68ClNO6/c1-11-48(26-29-14-12-13-15-31(29)47)27-35(50)46-23-22-44(9)30(39(46)38(28(2)3)32(49)24-46)16-17-34-43(8)20-19-36(54-37(51)25-41(4,5)40(52)53)42(6,7)33(43)18-21-45(34,44)10/h12-15,28,30,33-36,50H,11,16-27H2,1-10H3,(H,52,53). The van der Waals surface area contributed by atoms with E-state index in [2.05, 4.69) is 66.4 Å². The molecule has 8 heteroatoms. The smallest absolute Gasteiger partial charge is 0.309 e. The van der Waals surface area contributed by atoms with Gasteiger partial charge in [0.05, 0.1) is 17.9 Å². The molecule has 0 radical (unpaired) electrons. The third-order valence-corrected chi connectivity index (χ3v) is 17.1. The van der Waals surface area contributed by atoms with E-state index in [-0.39, 0.29) is 51.8 Å². The van der Waals surface area contributed by atoms with Gasteiger partial charge in [-0.3, -0.25) is 19.3 Å². The lowest BCUT2D eigenvalue weighted by atomic mass is 9.33. The van der Waals surface area contributed by atoms with E-state index < -0.39 is 28.9 Å². The molecule has 9 atom stereocenters. The van der Waals surface area contributed by atoms with Gasteiger partial charge in [-0.15, -0.1) is 0 Å². The molecule has 2 N–H and O–H groups in total. The van der Waals surface area contributed by atoms with Gasteiger partial charge in [0.25, 0.3) is 0 Å². The number of fused-ring (bicyclic) bond motifs is 7. The van der Waals surface area contributed by atoms with Crippen LogP contribution in [0.5, 0.6) is 0 Å². The van der Waals surface area contributed by atoms with Gasteiger partial charge in [-0.25, -0.2) is 0 Å². The molecule has 0 bridgehead atoms. The molecule has 4 saturated carbocycles. The zero-order valence-electron chi connectivity index (χ0n) is 34.8. The van der Waals surface area contributed by atoms with Crippen LogP contribution in [0.3, 0.4) is 0 Å². The van der Waals surface area contributed by atoms with Crippen LogP contribution in [0.25, 0.3) is 0 Å². The predicted octanol–water partition coefficient (Wildman–Crippen LogP) is 9.92. The van der Waals surface area contributed by atoms with Gasteiger partial charge < -0.3 is 14.9 Å². The van der Waals surface area contributed by atoms with Gasteiger partial charge in [-0.1, -0.05) is 90.8 Å². The van der Waals surface area contributed by atoms with E-state index in [1.807, 2.05) is 18.2 Å². The number of nitrogens with zero attached hydrogens (tertiary/aromatic N) is 1. The second-order valence-electron chi connectivity index (χ2n) is 20.5. The Balaban J connectivity index is 1.28. The van der Waals surface area contributed by atoms with Gasteiger partial charge in [-0.05, 0) is 129 Å². The summed E-state index contributed by atoms with van der Waals surface area (Å²) in [4.78, 5) is 41.4. The first-order valence-electron chi connectivity index (χ1n) is 20.9. The van der Waals surface area contributed by atoms with Gasteiger partial charge in [0, 0.05) is 35.4 Å². The zero-order chi connectivity index (χ0) is 39.8. The summed E-state index contributed by atoms with van der Waals surface area (Å²) in [7, 11) is 0. The molecule has 300 valence electrons. The number of carboxylic acids is 1. The monoisotopic (exact) mass is 765 g/mol. The lowest BCUT2D eigenvalue weighted by Gasteiger charge is -2.72. The van der Waals surface area contributed by atoms with Crippen LogP contribution >= 0.6 is 11.6 Å². The molecule has 0 aliphatic heterocycles. The molecule has 1 aromatic rings. The maximum atomic E-state index is 14.2. The number of halogens is 1. The van der Waals surface area contributed by atoms with E-state index in [0.717, 1.165) is 74.1 Å². The lowest BCUT2D eigenvalue weighted by Crippen LogP contribution is -2.66. The fourth-order valence-corrected chi connectivity index (χ4v) is 13.7. The molecule has 6 rings (SSSR count). The van der Waals surface area contributed by atoms with Crippen molar-refractivity contribution >= 4 is 29.3 Å². The zero-order valence-corrected chi connectivity index (χ0v) is 35.6. The van der Waals surface area contributed by atoms with Crippen LogP contribution in [0.2, 0.25) is 5.02 Å². The van der Waals surface area contributed by atoms with Crippen LogP contribution in [0.4, 0.5) is 0 Å². The summed E-state index contributed by atoms with van der Waals surface area (Å²) in [5.41, 5.74) is 1.47. The molecule has 4 fully saturated rings. The maximum absolute atomic E-state index is 14.2. The van der Waals surface area contributed by atoms with Crippen molar-refractivity contribution in [3.8, 4) is 0 Å². The van der Waals surface area contributed by atoms with Crippen molar-refractivity contribution < 1.29 is 29.3 Å². The van der Waals surface area contributed by atoms with Gasteiger partial charge in [0.1, 0.15) is 6.10 Å². The number of carbonyl (C=O) groups excluding carboxylic acids is 2. The summed E-state index contributed by atoms with van der Waals surface area (Å²) >= 11 is 6.58. The van der Waals surface area contributed by atoms with Crippen molar-refractivity contribution in [2.75, 3.05) is 13.1 Å². The van der Waals surface area contributed by atoms with Gasteiger partial charge in [0.2, 0.25) is 0 Å². The van der Waals surface area contributed by atoms with Crippen LogP contribution in [0, 0.1) is 56.2 Å². The van der Waals surface area contributed by atoms with Crippen LogP contribution in [0.15, 0.2) is 35.4 Å². The molecule has 1 aromatic carbocycles. The van der Waals surface area contributed by atoms with Crippen molar-refractivity contribution in [2.45, 2.75) is 152 Å². The SMILES string of the molecule is CCN(Cc1ccccc1Cl)CC(O)C12CCC3(C)C(CCC4C5(C)CCC(OC(=O)CC(C)(C)C(=O)O)C(C)(C)C5CCC43C)C1=C(C(C)C)C(=O)C2. The van der Waals surface area contributed by atoms with E-state index in [1.54, 1.807) is 13.8 Å². The summed E-state index contributed by atoms with van der Waals surface area (Å²) in [6.45, 7) is 23.7. The number of hydrogen-bond acceptors (Lipinski definition) is 6. The number of allylic oxidation sites excluding steroid dienone is 1. The number of aliphatic hydroxyl groups is 1. The number of esters is 1. The second-order valence-corrected chi connectivity index (χ2v) is 20.9. The van der Waals surface area contributed by atoms with Crippen LogP contribution < -0.4 is 0 Å². The average Bonchev–Trinajstić information content (AvgIpc) is 3.40. The van der Waals surface area contributed by atoms with Crippen molar-refractivity contribution in [1.29, 1.82) is 0 Å². The number of ketones is 1. The van der Waals surface area contributed by atoms with Crippen LogP contribution in [-0.4, -0.2) is 58.1 Å². The van der Waals surface area contributed by atoms with Gasteiger partial charge >= 0.3 is 11.9 Å². The number of hydrogen-bond donors (Lipinski definition) is 2. The minimum Gasteiger partial charge on any atom is -0.481 e. The lowest BCUT2D eigenvalue weighted by molar-refractivity contribution is -0.235. The number of likely N-dealkylation sites (N-methyl/N-ethyl adjacent to an activating group) is 1. The number of carbonyl (C=O) groups is 3. The van der Waals surface area contributed by atoms with Gasteiger partial charge in [0.15, 0.2) is 5.78 Å². The molecule has 54 heavy (non-hydrogen) atoms. The Kier molecular flexibility index (Phi) is 11.0. The third-order valence-electron chi connectivity index (χ3n) is 16.7. The topological polar surface area (TPSA) is 104 Å². The normalized spacial score (nSPS) is 36.7. The first-order chi connectivity index (χ1) is 25.1. The third kappa shape index (κ3) is 6.42. The summed E-state index contributed by atoms with van der Waals surface area (Å²) in [6.07, 6.45) is 7.16. The number of ether oxygens (including phenoxy) is 1. The highest BCUT2D eigenvalue weighted by Crippen LogP contribution is 2.77. The molecule has 7 nitrogen and oxygen atoms in total.